The second kappa shape index (κ2) is 7.94. The molecule has 1 aromatic heterocycles. The Bertz CT molecular complexity index is 531. The monoisotopic (exact) mass is 274 g/mol. The maximum Gasteiger partial charge on any atom is 0.0705 e. The molecule has 0 aliphatic heterocycles. The summed E-state index contributed by atoms with van der Waals surface area (Å²) in [4.78, 5) is 4.63. The van der Waals surface area contributed by atoms with Gasteiger partial charge in [-0.15, -0.1) is 0 Å². The lowest BCUT2D eigenvalue weighted by Gasteiger charge is -2.11. The van der Waals surface area contributed by atoms with E-state index in [4.69, 9.17) is 15.2 Å². The number of fused-ring (bicyclic) bond motifs is 1. The maximum absolute atomic E-state index is 6.11. The number of rotatable bonds is 8. The molecule has 4 nitrogen and oxygen atoms in total. The van der Waals surface area contributed by atoms with Gasteiger partial charge in [0.25, 0.3) is 0 Å². The zero-order chi connectivity index (χ0) is 14.2. The van der Waals surface area contributed by atoms with Crippen LogP contribution in [0.4, 0.5) is 0 Å². The molecule has 4 heteroatoms. The number of ether oxygens (including phenoxy) is 2. The van der Waals surface area contributed by atoms with Gasteiger partial charge in [-0.05, 0) is 18.6 Å². The Balaban J connectivity index is 1.81. The van der Waals surface area contributed by atoms with Crippen LogP contribution >= 0.6 is 0 Å². The van der Waals surface area contributed by atoms with E-state index in [0.29, 0.717) is 19.8 Å². The molecular formula is C16H22N2O2. The minimum absolute atomic E-state index is 0.0752. The summed E-state index contributed by atoms with van der Waals surface area (Å²) in [5.74, 6) is 0. The maximum atomic E-state index is 6.11. The van der Waals surface area contributed by atoms with Gasteiger partial charge in [0.1, 0.15) is 0 Å². The minimum atomic E-state index is 0.0752. The van der Waals surface area contributed by atoms with Crippen molar-refractivity contribution in [2.45, 2.75) is 18.9 Å². The molecule has 1 heterocycles. The van der Waals surface area contributed by atoms with Crippen molar-refractivity contribution < 1.29 is 9.47 Å². The Morgan fingerprint density at radius 3 is 2.80 bits per heavy atom. The standard InChI is InChI=1S/C16H22N2O2/c1-19-10-11-20-9-8-14(17)12-15-7-6-13-4-2-3-5-16(13)18-15/h2-7,14H,8-12,17H2,1H3. The van der Waals surface area contributed by atoms with Gasteiger partial charge in [-0.25, -0.2) is 0 Å². The summed E-state index contributed by atoms with van der Waals surface area (Å²) < 4.78 is 10.3. The predicted octanol–water partition coefficient (Wildman–Crippen LogP) is 2.16. The predicted molar refractivity (Wildman–Crippen MR) is 80.7 cm³/mol. The van der Waals surface area contributed by atoms with Crippen LogP contribution < -0.4 is 5.73 Å². The quantitative estimate of drug-likeness (QED) is 0.749. The molecule has 108 valence electrons. The molecule has 1 atom stereocenters. The van der Waals surface area contributed by atoms with Crippen LogP contribution in [0.1, 0.15) is 12.1 Å². The molecule has 0 fully saturated rings. The summed E-state index contributed by atoms with van der Waals surface area (Å²) in [5, 5.41) is 1.16. The Labute approximate surface area is 119 Å². The normalized spacial score (nSPS) is 12.7. The van der Waals surface area contributed by atoms with Crippen molar-refractivity contribution >= 4 is 10.9 Å². The first-order chi connectivity index (χ1) is 9.79. The van der Waals surface area contributed by atoms with Crippen molar-refractivity contribution in [3.05, 3.63) is 42.1 Å². The van der Waals surface area contributed by atoms with E-state index < -0.39 is 0 Å². The summed E-state index contributed by atoms with van der Waals surface area (Å²) in [6.45, 7) is 1.91. The van der Waals surface area contributed by atoms with Gasteiger partial charge in [0.05, 0.1) is 18.7 Å². The van der Waals surface area contributed by atoms with E-state index in [1.807, 2.05) is 24.3 Å². The number of para-hydroxylation sites is 1. The van der Waals surface area contributed by atoms with E-state index in [0.717, 1.165) is 29.4 Å². The van der Waals surface area contributed by atoms with Gasteiger partial charge >= 0.3 is 0 Å². The number of aromatic nitrogens is 1. The number of pyridine rings is 1. The highest BCUT2D eigenvalue weighted by Crippen LogP contribution is 2.13. The Morgan fingerprint density at radius 1 is 1.10 bits per heavy atom. The first-order valence-electron chi connectivity index (χ1n) is 6.96. The van der Waals surface area contributed by atoms with E-state index >= 15 is 0 Å². The van der Waals surface area contributed by atoms with Crippen LogP contribution in [-0.4, -0.2) is 38.0 Å². The topological polar surface area (TPSA) is 57.4 Å². The molecule has 1 aromatic carbocycles. The van der Waals surface area contributed by atoms with Gasteiger partial charge in [0.2, 0.25) is 0 Å². The van der Waals surface area contributed by atoms with E-state index in [2.05, 4.69) is 17.1 Å². The van der Waals surface area contributed by atoms with Crippen LogP contribution in [0.5, 0.6) is 0 Å². The van der Waals surface area contributed by atoms with Crippen molar-refractivity contribution in [1.82, 2.24) is 4.98 Å². The Hall–Kier alpha value is -1.49. The zero-order valence-electron chi connectivity index (χ0n) is 11.9. The van der Waals surface area contributed by atoms with Gasteiger partial charge in [-0.3, -0.25) is 4.98 Å². The molecule has 0 radical (unpaired) electrons. The second-order valence-electron chi connectivity index (χ2n) is 4.85. The molecule has 1 unspecified atom stereocenters. The molecule has 0 saturated heterocycles. The molecule has 0 aliphatic rings. The third kappa shape index (κ3) is 4.56. The lowest BCUT2D eigenvalue weighted by Crippen LogP contribution is -2.25. The second-order valence-corrected chi connectivity index (χ2v) is 4.85. The molecule has 0 spiro atoms. The van der Waals surface area contributed by atoms with Crippen molar-refractivity contribution in [2.75, 3.05) is 26.9 Å². The van der Waals surface area contributed by atoms with E-state index in [1.165, 1.54) is 0 Å². The third-order valence-corrected chi connectivity index (χ3v) is 3.19. The summed E-state index contributed by atoms with van der Waals surface area (Å²) in [6.07, 6.45) is 1.61. The first-order valence-corrected chi connectivity index (χ1v) is 6.96. The molecule has 0 aliphatic carbocycles. The lowest BCUT2D eigenvalue weighted by atomic mass is 10.1. The van der Waals surface area contributed by atoms with Gasteiger partial charge in [-0.1, -0.05) is 24.3 Å². The molecule has 0 bridgehead atoms. The molecule has 2 rings (SSSR count). The number of benzene rings is 1. The highest BCUT2D eigenvalue weighted by atomic mass is 16.5. The summed E-state index contributed by atoms with van der Waals surface area (Å²) >= 11 is 0. The lowest BCUT2D eigenvalue weighted by molar-refractivity contribution is 0.0672. The van der Waals surface area contributed by atoms with Gasteiger partial charge < -0.3 is 15.2 Å². The molecule has 2 N–H and O–H groups in total. The van der Waals surface area contributed by atoms with E-state index in [1.54, 1.807) is 7.11 Å². The van der Waals surface area contributed by atoms with Crippen LogP contribution in [0.3, 0.4) is 0 Å². The minimum Gasteiger partial charge on any atom is -0.382 e. The number of methoxy groups -OCH3 is 1. The number of hydrogen-bond donors (Lipinski definition) is 1. The highest BCUT2D eigenvalue weighted by Gasteiger charge is 2.06. The van der Waals surface area contributed by atoms with Crippen molar-refractivity contribution in [3.8, 4) is 0 Å². The van der Waals surface area contributed by atoms with Gasteiger partial charge in [-0.2, -0.15) is 0 Å². The van der Waals surface area contributed by atoms with Crippen LogP contribution in [0.25, 0.3) is 10.9 Å². The van der Waals surface area contributed by atoms with Crippen LogP contribution in [-0.2, 0) is 15.9 Å². The summed E-state index contributed by atoms with van der Waals surface area (Å²) in [7, 11) is 1.67. The fraction of sp³-hybridized carbons (Fsp3) is 0.438. The molecule has 0 saturated carbocycles. The molecular weight excluding hydrogens is 252 g/mol. The van der Waals surface area contributed by atoms with E-state index in [-0.39, 0.29) is 6.04 Å². The number of nitrogens with zero attached hydrogens (tertiary/aromatic N) is 1. The zero-order valence-corrected chi connectivity index (χ0v) is 11.9. The van der Waals surface area contributed by atoms with Crippen molar-refractivity contribution in [3.63, 3.8) is 0 Å². The summed E-state index contributed by atoms with van der Waals surface area (Å²) in [6, 6.07) is 12.3. The van der Waals surface area contributed by atoms with E-state index in [9.17, 15) is 0 Å². The Kier molecular flexibility index (Phi) is 5.92. The van der Waals surface area contributed by atoms with Crippen LogP contribution in [0, 0.1) is 0 Å². The molecule has 2 aromatic rings. The van der Waals surface area contributed by atoms with Crippen molar-refractivity contribution in [1.29, 1.82) is 0 Å². The van der Waals surface area contributed by atoms with Crippen LogP contribution in [0.2, 0.25) is 0 Å². The number of hydrogen-bond acceptors (Lipinski definition) is 4. The van der Waals surface area contributed by atoms with Crippen molar-refractivity contribution in [2.24, 2.45) is 5.73 Å². The fourth-order valence-corrected chi connectivity index (χ4v) is 2.07. The van der Waals surface area contributed by atoms with Crippen LogP contribution in [0.15, 0.2) is 36.4 Å². The number of nitrogens with two attached hydrogens (primary N) is 1. The van der Waals surface area contributed by atoms with Gasteiger partial charge in [0.15, 0.2) is 0 Å². The molecule has 20 heavy (non-hydrogen) atoms. The average Bonchev–Trinajstić information content (AvgIpc) is 2.47. The fourth-order valence-electron chi connectivity index (χ4n) is 2.07. The van der Waals surface area contributed by atoms with Gasteiger partial charge in [0, 0.05) is 37.3 Å². The molecule has 0 amide bonds. The largest absolute Gasteiger partial charge is 0.382 e. The summed E-state index contributed by atoms with van der Waals surface area (Å²) in [5.41, 5.74) is 8.17. The smallest absolute Gasteiger partial charge is 0.0705 e. The third-order valence-electron chi connectivity index (χ3n) is 3.19. The highest BCUT2D eigenvalue weighted by molar-refractivity contribution is 5.78. The average molecular weight is 274 g/mol. The SMILES string of the molecule is COCCOCCC(N)Cc1ccc2ccccc2n1. The Morgan fingerprint density at radius 2 is 1.95 bits per heavy atom. The first kappa shape index (κ1) is 14.9.